The van der Waals surface area contributed by atoms with E-state index in [0.29, 0.717) is 17.3 Å². The number of pyridine rings is 1. The summed E-state index contributed by atoms with van der Waals surface area (Å²) in [6.07, 6.45) is 17.2. The predicted molar refractivity (Wildman–Crippen MR) is 171 cm³/mol. The lowest BCUT2D eigenvalue weighted by Gasteiger charge is -2.61. The van der Waals surface area contributed by atoms with Crippen LogP contribution in [0.1, 0.15) is 111 Å². The van der Waals surface area contributed by atoms with Crippen molar-refractivity contribution in [2.24, 2.45) is 62.5 Å². The second kappa shape index (κ2) is 11.5. The minimum absolute atomic E-state index is 0.208. The van der Waals surface area contributed by atoms with E-state index in [1.807, 2.05) is 24.5 Å². The summed E-state index contributed by atoms with van der Waals surface area (Å²) in [7, 11) is 0. The summed E-state index contributed by atoms with van der Waals surface area (Å²) >= 11 is 0. The Morgan fingerprint density at radius 1 is 1.00 bits per heavy atom. The molecular formula is C37H53N3O. The zero-order valence-electron chi connectivity index (χ0n) is 26.2. The number of benzene rings is 1. The second-order valence-corrected chi connectivity index (χ2v) is 15.4. The topological polar surface area (TPSA) is 57.8 Å². The van der Waals surface area contributed by atoms with Crippen LogP contribution in [0.4, 0.5) is 0 Å². The Kier molecular flexibility index (Phi) is 8.17. The molecule has 1 aromatic heterocycles. The van der Waals surface area contributed by atoms with E-state index in [1.54, 1.807) is 0 Å². The average Bonchev–Trinajstić information content (AvgIpc) is 3.31. The van der Waals surface area contributed by atoms with Gasteiger partial charge in [0, 0.05) is 28.8 Å². The summed E-state index contributed by atoms with van der Waals surface area (Å²) < 4.78 is 0. The van der Waals surface area contributed by atoms with Gasteiger partial charge in [-0.05, 0) is 110 Å². The molecule has 4 aliphatic rings. The van der Waals surface area contributed by atoms with Gasteiger partial charge in [-0.2, -0.15) is 10.2 Å². The summed E-state index contributed by atoms with van der Waals surface area (Å²) in [6, 6.07) is 10.4. The summed E-state index contributed by atoms with van der Waals surface area (Å²) in [4.78, 5) is 4.61. The van der Waals surface area contributed by atoms with Crippen LogP contribution >= 0.6 is 0 Å². The molecule has 4 fully saturated rings. The van der Waals surface area contributed by atoms with Crippen LogP contribution in [0.5, 0.6) is 0 Å². The molecule has 9 atom stereocenters. The van der Waals surface area contributed by atoms with E-state index in [1.165, 1.54) is 50.7 Å². The molecule has 0 aliphatic heterocycles. The predicted octanol–water partition coefficient (Wildman–Crippen LogP) is 9.10. The lowest BCUT2D eigenvalue weighted by Crippen LogP contribution is -2.57. The molecule has 6 rings (SSSR count). The molecule has 4 saturated carbocycles. The lowest BCUT2D eigenvalue weighted by molar-refractivity contribution is -0.0938. The van der Waals surface area contributed by atoms with Gasteiger partial charge in [0.2, 0.25) is 0 Å². The number of hydrogen-bond acceptors (Lipinski definition) is 4. The standard InChI is InChI=1S/C37H53N3O/c1-24(2)9-8-10-25(3)30-13-14-31-29-21-35(40-39-23-26-19-27-11-6-7-12-34(27)38-22-26)33-20-28(41)15-17-37(33,5)32(29)16-18-36(30,31)4/h6-7,11-12,19,22-25,28-33,41H,8-10,13-18,20-21H2,1-5H3/b39-23+,40-35+/t25-,28+,29+,30-,31+,32+,33?,36-,37-/m1/s1. The van der Waals surface area contributed by atoms with Gasteiger partial charge in [-0.3, -0.25) is 4.98 Å². The number of rotatable bonds is 7. The van der Waals surface area contributed by atoms with Gasteiger partial charge in [0.25, 0.3) is 0 Å². The van der Waals surface area contributed by atoms with E-state index in [-0.39, 0.29) is 11.5 Å². The fraction of sp³-hybridized carbons (Fsp3) is 0.703. The summed E-state index contributed by atoms with van der Waals surface area (Å²) in [5, 5.41) is 21.6. The van der Waals surface area contributed by atoms with E-state index in [9.17, 15) is 5.11 Å². The van der Waals surface area contributed by atoms with Crippen molar-refractivity contribution in [1.82, 2.24) is 4.98 Å². The molecule has 41 heavy (non-hydrogen) atoms. The number of aliphatic hydroxyl groups excluding tert-OH is 1. The first kappa shape index (κ1) is 29.0. The molecule has 222 valence electrons. The summed E-state index contributed by atoms with van der Waals surface area (Å²) in [5.41, 5.74) is 3.94. The largest absolute Gasteiger partial charge is 0.393 e. The molecular weight excluding hydrogens is 502 g/mol. The van der Waals surface area contributed by atoms with Gasteiger partial charge in [-0.1, -0.05) is 72.1 Å². The molecule has 4 nitrogen and oxygen atoms in total. The van der Waals surface area contributed by atoms with E-state index >= 15 is 0 Å². The van der Waals surface area contributed by atoms with Crippen LogP contribution in [0.3, 0.4) is 0 Å². The maximum absolute atomic E-state index is 10.8. The first-order chi connectivity index (χ1) is 19.7. The van der Waals surface area contributed by atoms with E-state index in [0.717, 1.165) is 71.7 Å². The number of aliphatic hydroxyl groups is 1. The van der Waals surface area contributed by atoms with Crippen LogP contribution in [0.15, 0.2) is 46.7 Å². The molecule has 1 N–H and O–H groups in total. The third-order valence-electron chi connectivity index (χ3n) is 12.7. The van der Waals surface area contributed by atoms with Crippen LogP contribution in [0.2, 0.25) is 0 Å². The van der Waals surface area contributed by atoms with E-state index in [2.05, 4.69) is 57.8 Å². The molecule has 0 spiro atoms. The quantitative estimate of drug-likeness (QED) is 0.274. The van der Waals surface area contributed by atoms with Gasteiger partial charge in [-0.25, -0.2) is 0 Å². The van der Waals surface area contributed by atoms with Gasteiger partial charge in [0.05, 0.1) is 17.8 Å². The number of fused-ring (bicyclic) bond motifs is 6. The summed E-state index contributed by atoms with van der Waals surface area (Å²) in [5.74, 6) is 5.09. The number of para-hydroxylation sites is 1. The average molecular weight is 556 g/mol. The smallest absolute Gasteiger partial charge is 0.0702 e. The molecule has 4 aliphatic carbocycles. The van der Waals surface area contributed by atoms with Gasteiger partial charge in [-0.15, -0.1) is 0 Å². The van der Waals surface area contributed by atoms with Crippen molar-refractivity contribution < 1.29 is 5.11 Å². The number of aromatic nitrogens is 1. The molecule has 0 bridgehead atoms. The Labute approximate surface area is 248 Å². The Bertz CT molecular complexity index is 1280. The summed E-state index contributed by atoms with van der Waals surface area (Å²) in [6.45, 7) is 12.5. The monoisotopic (exact) mass is 555 g/mol. The molecule has 2 aromatic rings. The highest BCUT2D eigenvalue weighted by atomic mass is 16.3. The van der Waals surface area contributed by atoms with Crippen molar-refractivity contribution in [2.75, 3.05) is 0 Å². The molecule has 0 radical (unpaired) electrons. The minimum Gasteiger partial charge on any atom is -0.393 e. The van der Waals surface area contributed by atoms with Crippen LogP contribution in [0.25, 0.3) is 10.9 Å². The number of nitrogens with zero attached hydrogens (tertiary/aromatic N) is 3. The van der Waals surface area contributed by atoms with Crippen LogP contribution < -0.4 is 0 Å². The van der Waals surface area contributed by atoms with Gasteiger partial charge < -0.3 is 5.11 Å². The highest BCUT2D eigenvalue weighted by Gasteiger charge is 2.62. The minimum atomic E-state index is -0.208. The SMILES string of the molecule is CC(C)CCC[C@@H](C)[C@H]1CC[C@H]2[C@@H]3C/C(=N\N=C\c4cnc5ccccc5c4)C4C[C@@H](O)CC[C@]4(C)[C@H]3CC[C@]12C. The van der Waals surface area contributed by atoms with E-state index in [4.69, 9.17) is 10.2 Å². The highest BCUT2D eigenvalue weighted by molar-refractivity contribution is 5.91. The maximum atomic E-state index is 10.8. The van der Waals surface area contributed by atoms with Crippen LogP contribution in [-0.2, 0) is 0 Å². The Balaban J connectivity index is 1.26. The van der Waals surface area contributed by atoms with E-state index < -0.39 is 0 Å². The highest BCUT2D eigenvalue weighted by Crippen LogP contribution is 2.68. The molecule has 0 saturated heterocycles. The van der Waals surface area contributed by atoms with Crippen molar-refractivity contribution in [3.8, 4) is 0 Å². The Hall–Kier alpha value is -2.07. The number of hydrogen-bond donors (Lipinski definition) is 1. The lowest BCUT2D eigenvalue weighted by atomic mass is 9.44. The van der Waals surface area contributed by atoms with Crippen molar-refractivity contribution in [3.05, 3.63) is 42.1 Å². The molecule has 4 heteroatoms. The molecule has 1 unspecified atom stereocenters. The fourth-order valence-electron chi connectivity index (χ4n) is 10.5. The Morgan fingerprint density at radius 2 is 1.78 bits per heavy atom. The third kappa shape index (κ3) is 5.43. The van der Waals surface area contributed by atoms with Crippen LogP contribution in [-0.4, -0.2) is 28.1 Å². The van der Waals surface area contributed by atoms with Crippen molar-refractivity contribution in [1.29, 1.82) is 0 Å². The molecule has 0 amide bonds. The van der Waals surface area contributed by atoms with Gasteiger partial charge in [0.15, 0.2) is 0 Å². The third-order valence-corrected chi connectivity index (χ3v) is 12.7. The van der Waals surface area contributed by atoms with Gasteiger partial charge in [0.1, 0.15) is 0 Å². The zero-order chi connectivity index (χ0) is 28.8. The zero-order valence-corrected chi connectivity index (χ0v) is 26.2. The van der Waals surface area contributed by atoms with Gasteiger partial charge >= 0.3 is 0 Å². The fourth-order valence-corrected chi connectivity index (χ4v) is 10.5. The molecule has 1 heterocycles. The maximum Gasteiger partial charge on any atom is 0.0702 e. The first-order valence-corrected chi connectivity index (χ1v) is 16.8. The first-order valence-electron chi connectivity index (χ1n) is 16.8. The van der Waals surface area contributed by atoms with Crippen molar-refractivity contribution in [3.63, 3.8) is 0 Å². The Morgan fingerprint density at radius 3 is 2.61 bits per heavy atom. The second-order valence-electron chi connectivity index (χ2n) is 15.4. The van der Waals surface area contributed by atoms with Crippen molar-refractivity contribution >= 4 is 22.8 Å². The normalized spacial score (nSPS) is 38.8. The van der Waals surface area contributed by atoms with Crippen molar-refractivity contribution in [2.45, 2.75) is 111 Å². The van der Waals surface area contributed by atoms with Crippen LogP contribution in [0, 0.1) is 52.3 Å². The molecule has 1 aromatic carbocycles.